The van der Waals surface area contributed by atoms with Crippen molar-refractivity contribution in [1.29, 1.82) is 0 Å². The van der Waals surface area contributed by atoms with Crippen molar-refractivity contribution in [1.82, 2.24) is 4.98 Å². The van der Waals surface area contributed by atoms with Gasteiger partial charge in [-0.2, -0.15) is 4.39 Å². The van der Waals surface area contributed by atoms with Crippen LogP contribution in [0.1, 0.15) is 52.8 Å². The first-order valence-corrected chi connectivity index (χ1v) is 7.23. The van der Waals surface area contributed by atoms with E-state index in [0.717, 1.165) is 11.4 Å². The number of hydrogen-bond acceptors (Lipinski definition) is 5. The Labute approximate surface area is 140 Å². The second-order valence-corrected chi connectivity index (χ2v) is 7.25. The van der Waals surface area contributed by atoms with Crippen molar-refractivity contribution in [2.75, 3.05) is 5.32 Å². The van der Waals surface area contributed by atoms with E-state index >= 15 is 0 Å². The van der Waals surface area contributed by atoms with E-state index in [9.17, 15) is 14.0 Å². The molecule has 1 heterocycles. The number of aryl methyl sites for hydroxylation is 1. The maximum absolute atomic E-state index is 13.6. The number of nitrogens with one attached hydrogen (secondary N) is 1. The number of hydrogen-bond donors (Lipinski definition) is 3. The lowest BCUT2D eigenvalue weighted by atomic mass is 9.89. The predicted molar refractivity (Wildman–Crippen MR) is 88.1 cm³/mol. The van der Waals surface area contributed by atoms with Gasteiger partial charge in [-0.1, -0.05) is 20.8 Å². The number of ether oxygens (including phenoxy) is 1. The number of anilines is 1. The third-order valence-corrected chi connectivity index (χ3v) is 2.55. The van der Waals surface area contributed by atoms with Gasteiger partial charge in [0.1, 0.15) is 0 Å². The summed E-state index contributed by atoms with van der Waals surface area (Å²) < 4.78 is 16.7. The van der Waals surface area contributed by atoms with E-state index in [-0.39, 0.29) is 16.9 Å². The van der Waals surface area contributed by atoms with Gasteiger partial charge in [-0.05, 0) is 33.8 Å². The van der Waals surface area contributed by atoms with Gasteiger partial charge in [-0.25, -0.2) is 14.6 Å². The van der Waals surface area contributed by atoms with Crippen molar-refractivity contribution in [3.63, 3.8) is 0 Å². The molecule has 8 heteroatoms. The Morgan fingerprint density at radius 2 is 1.58 bits per heavy atom. The molecule has 0 spiro atoms. The molecule has 0 aliphatic carbocycles. The minimum atomic E-state index is -1.81. The summed E-state index contributed by atoms with van der Waals surface area (Å²) in [7, 11) is 0. The van der Waals surface area contributed by atoms with Crippen LogP contribution >= 0.6 is 0 Å². The fourth-order valence-corrected chi connectivity index (χ4v) is 1.74. The molecule has 0 radical (unpaired) electrons. The Bertz CT molecular complexity index is 592. The Morgan fingerprint density at radius 3 is 1.88 bits per heavy atom. The summed E-state index contributed by atoms with van der Waals surface area (Å²) in [5.74, 6) is -0.380. The number of carboxylic acid groups (broad SMARTS) is 2. The van der Waals surface area contributed by atoms with Crippen LogP contribution in [-0.2, 0) is 10.2 Å². The zero-order valence-corrected chi connectivity index (χ0v) is 15.0. The fourth-order valence-electron chi connectivity index (χ4n) is 1.74. The standard InChI is InChI=1S/C14H23FN2.C2H2O5/c1-9-8-10(17-14(5,6)7)11(13(2,3)4)16-12(9)15;3-1(4)7-2(5)6/h8,17H,1-7H3;(H,3,4)(H,5,6). The van der Waals surface area contributed by atoms with Gasteiger partial charge < -0.3 is 20.3 Å². The van der Waals surface area contributed by atoms with Gasteiger partial charge in [0.05, 0.1) is 11.4 Å². The topological polar surface area (TPSA) is 109 Å². The SMILES string of the molecule is Cc1cc(NC(C)(C)C)c(C(C)(C)C)nc1F.O=C(O)OC(=O)O. The van der Waals surface area contributed by atoms with E-state index in [2.05, 4.69) is 35.8 Å². The van der Waals surface area contributed by atoms with Crippen LogP contribution in [0, 0.1) is 12.9 Å². The van der Waals surface area contributed by atoms with Gasteiger partial charge in [0.25, 0.3) is 0 Å². The van der Waals surface area contributed by atoms with Crippen molar-refractivity contribution in [2.24, 2.45) is 0 Å². The van der Waals surface area contributed by atoms with Crippen LogP contribution in [-0.4, -0.2) is 33.0 Å². The summed E-state index contributed by atoms with van der Waals surface area (Å²) in [4.78, 5) is 22.5. The summed E-state index contributed by atoms with van der Waals surface area (Å²) in [6, 6.07) is 1.84. The Morgan fingerprint density at radius 1 is 1.12 bits per heavy atom. The van der Waals surface area contributed by atoms with Gasteiger partial charge in [-0.3, -0.25) is 0 Å². The quantitative estimate of drug-likeness (QED) is 0.393. The molecule has 24 heavy (non-hydrogen) atoms. The monoisotopic (exact) mass is 344 g/mol. The van der Waals surface area contributed by atoms with Crippen LogP contribution in [0.2, 0.25) is 0 Å². The van der Waals surface area contributed by atoms with Crippen LogP contribution < -0.4 is 5.32 Å². The summed E-state index contributed by atoms with van der Waals surface area (Å²) in [6.07, 6.45) is -3.62. The van der Waals surface area contributed by atoms with E-state index in [1.54, 1.807) is 6.92 Å². The summed E-state index contributed by atoms with van der Waals surface area (Å²) in [5, 5.41) is 18.4. The van der Waals surface area contributed by atoms with E-state index in [1.807, 2.05) is 26.8 Å². The van der Waals surface area contributed by atoms with Crippen LogP contribution in [0.4, 0.5) is 19.7 Å². The molecule has 0 aliphatic heterocycles. The highest BCUT2D eigenvalue weighted by molar-refractivity contribution is 5.74. The average Bonchev–Trinajstić information content (AvgIpc) is 2.29. The summed E-state index contributed by atoms with van der Waals surface area (Å²) in [6.45, 7) is 14.1. The van der Waals surface area contributed by atoms with E-state index in [0.29, 0.717) is 5.56 Å². The molecule has 0 saturated carbocycles. The van der Waals surface area contributed by atoms with Crippen LogP contribution in [0.25, 0.3) is 0 Å². The van der Waals surface area contributed by atoms with Crippen LogP contribution in [0.3, 0.4) is 0 Å². The number of carbonyl (C=O) groups is 2. The van der Waals surface area contributed by atoms with Crippen LogP contribution in [0.15, 0.2) is 6.07 Å². The maximum atomic E-state index is 13.6. The van der Waals surface area contributed by atoms with Crippen molar-refractivity contribution >= 4 is 18.0 Å². The maximum Gasteiger partial charge on any atom is 0.516 e. The molecular formula is C16H25FN2O5. The first-order chi connectivity index (χ1) is 10.6. The normalized spacial score (nSPS) is 11.2. The molecule has 1 aromatic rings. The largest absolute Gasteiger partial charge is 0.516 e. The van der Waals surface area contributed by atoms with Gasteiger partial charge in [0, 0.05) is 16.5 Å². The van der Waals surface area contributed by atoms with Crippen molar-refractivity contribution < 1.29 is 28.9 Å². The number of halogens is 1. The summed E-state index contributed by atoms with van der Waals surface area (Å²) in [5.41, 5.74) is 2.03. The second-order valence-electron chi connectivity index (χ2n) is 7.25. The van der Waals surface area contributed by atoms with Gasteiger partial charge in [0.15, 0.2) is 0 Å². The molecule has 3 N–H and O–H groups in total. The smallest absolute Gasteiger partial charge is 0.449 e. The highest BCUT2D eigenvalue weighted by atomic mass is 19.1. The van der Waals surface area contributed by atoms with E-state index in [1.165, 1.54) is 0 Å². The molecule has 0 aliphatic rings. The lowest BCUT2D eigenvalue weighted by Crippen LogP contribution is -2.29. The zero-order valence-electron chi connectivity index (χ0n) is 15.0. The predicted octanol–water partition coefficient (Wildman–Crippen LogP) is 4.40. The van der Waals surface area contributed by atoms with E-state index in [4.69, 9.17) is 10.2 Å². The molecule has 0 atom stereocenters. The number of nitrogens with zero attached hydrogens (tertiary/aromatic N) is 1. The van der Waals surface area contributed by atoms with Gasteiger partial charge >= 0.3 is 12.3 Å². The molecule has 136 valence electrons. The van der Waals surface area contributed by atoms with Gasteiger partial charge in [-0.15, -0.1) is 0 Å². The van der Waals surface area contributed by atoms with E-state index < -0.39 is 12.3 Å². The molecule has 1 aromatic heterocycles. The Balaban J connectivity index is 0.000000640. The molecule has 0 amide bonds. The van der Waals surface area contributed by atoms with Crippen molar-refractivity contribution in [2.45, 2.75) is 59.4 Å². The first-order valence-electron chi connectivity index (χ1n) is 7.23. The Hall–Kier alpha value is -2.38. The summed E-state index contributed by atoms with van der Waals surface area (Å²) >= 11 is 0. The first kappa shape index (κ1) is 21.6. The fraction of sp³-hybridized carbons (Fsp3) is 0.562. The van der Waals surface area contributed by atoms with Crippen molar-refractivity contribution in [3.05, 3.63) is 23.3 Å². The second kappa shape index (κ2) is 7.94. The van der Waals surface area contributed by atoms with Gasteiger partial charge in [0.2, 0.25) is 5.95 Å². The van der Waals surface area contributed by atoms with Crippen molar-refractivity contribution in [3.8, 4) is 0 Å². The molecule has 0 aromatic carbocycles. The lowest BCUT2D eigenvalue weighted by molar-refractivity contribution is 0.0802. The Kier molecular flexibility index (Phi) is 7.15. The highest BCUT2D eigenvalue weighted by Crippen LogP contribution is 2.30. The average molecular weight is 344 g/mol. The number of pyridine rings is 1. The number of aromatic nitrogens is 1. The minimum absolute atomic E-state index is 0.0635. The molecule has 7 nitrogen and oxygen atoms in total. The third-order valence-electron chi connectivity index (χ3n) is 2.55. The molecule has 0 bridgehead atoms. The minimum Gasteiger partial charge on any atom is -0.449 e. The third kappa shape index (κ3) is 8.30. The molecule has 1 rings (SSSR count). The number of rotatable bonds is 1. The molecule has 0 unspecified atom stereocenters. The molecular weight excluding hydrogens is 319 g/mol. The zero-order chi connectivity index (χ0) is 19.3. The lowest BCUT2D eigenvalue weighted by Gasteiger charge is -2.28. The molecule has 0 saturated heterocycles. The van der Waals surface area contributed by atoms with Crippen LogP contribution in [0.5, 0.6) is 0 Å². The molecule has 0 fully saturated rings. The highest BCUT2D eigenvalue weighted by Gasteiger charge is 2.24.